The number of hydrogen-bond donors (Lipinski definition) is 7. The number of aliphatic carboxylic acids is 2. The summed E-state index contributed by atoms with van der Waals surface area (Å²) >= 11 is 1.45. The van der Waals surface area contributed by atoms with Crippen LogP contribution in [0.25, 0.3) is 0 Å². The zero-order valence-electron chi connectivity index (χ0n) is 19.5. The lowest BCUT2D eigenvalue weighted by molar-refractivity contribution is -0.143. The second kappa shape index (κ2) is 14.8. The number of nitrogens with two attached hydrogens (primary N) is 1. The maximum Gasteiger partial charge on any atom is 0.326 e. The maximum absolute atomic E-state index is 13.0. The monoisotopic (exact) mass is 512 g/mol. The fourth-order valence-corrected chi connectivity index (χ4v) is 3.43. The predicted octanol–water partition coefficient (Wildman–Crippen LogP) is -0.561. The first-order chi connectivity index (χ1) is 16.4. The van der Waals surface area contributed by atoms with Gasteiger partial charge in [0, 0.05) is 12.8 Å². The highest BCUT2D eigenvalue weighted by atomic mass is 32.2. The van der Waals surface area contributed by atoms with Crippen molar-refractivity contribution >= 4 is 41.4 Å². The largest absolute Gasteiger partial charge is 0.508 e. The number of phenolic OH excluding ortho intramolecular Hbond substituents is 1. The summed E-state index contributed by atoms with van der Waals surface area (Å²) in [5.41, 5.74) is 6.14. The molecule has 0 radical (unpaired) electrons. The first-order valence-corrected chi connectivity index (χ1v) is 12.2. The van der Waals surface area contributed by atoms with Crippen LogP contribution in [0, 0.1) is 0 Å². The van der Waals surface area contributed by atoms with Crippen LogP contribution >= 0.6 is 11.8 Å². The summed E-state index contributed by atoms with van der Waals surface area (Å²) in [4.78, 5) is 60.4. The van der Waals surface area contributed by atoms with Crippen LogP contribution in [0.5, 0.6) is 5.75 Å². The molecule has 13 heteroatoms. The average Bonchev–Trinajstić information content (AvgIpc) is 2.79. The quantitative estimate of drug-likeness (QED) is 0.159. The van der Waals surface area contributed by atoms with Gasteiger partial charge < -0.3 is 37.0 Å². The van der Waals surface area contributed by atoms with Gasteiger partial charge in [-0.2, -0.15) is 11.8 Å². The lowest BCUT2D eigenvalue weighted by Crippen LogP contribution is -2.57. The van der Waals surface area contributed by atoms with Crippen molar-refractivity contribution in [1.82, 2.24) is 16.0 Å². The Kier molecular flexibility index (Phi) is 12.6. The first kappa shape index (κ1) is 29.7. The molecule has 0 fully saturated rings. The highest BCUT2D eigenvalue weighted by Gasteiger charge is 2.30. The van der Waals surface area contributed by atoms with Crippen molar-refractivity contribution in [2.24, 2.45) is 5.73 Å². The van der Waals surface area contributed by atoms with Gasteiger partial charge in [0.2, 0.25) is 17.7 Å². The average molecular weight is 513 g/mol. The van der Waals surface area contributed by atoms with E-state index in [4.69, 9.17) is 10.8 Å². The number of benzene rings is 1. The Morgan fingerprint density at radius 2 is 1.43 bits per heavy atom. The van der Waals surface area contributed by atoms with E-state index in [1.54, 1.807) is 0 Å². The van der Waals surface area contributed by atoms with Crippen molar-refractivity contribution in [2.75, 3.05) is 12.0 Å². The van der Waals surface area contributed by atoms with E-state index < -0.39 is 60.2 Å². The number of phenols is 1. The van der Waals surface area contributed by atoms with Crippen molar-refractivity contribution < 1.29 is 39.3 Å². The molecule has 0 aromatic heterocycles. The second-order valence-electron chi connectivity index (χ2n) is 7.89. The number of aromatic hydroxyl groups is 1. The van der Waals surface area contributed by atoms with Gasteiger partial charge in [0.1, 0.15) is 23.9 Å². The van der Waals surface area contributed by atoms with Crippen LogP contribution in [0.3, 0.4) is 0 Å². The molecule has 1 aromatic carbocycles. The van der Waals surface area contributed by atoms with Crippen LogP contribution in [0.15, 0.2) is 24.3 Å². The summed E-state index contributed by atoms with van der Waals surface area (Å²) in [5, 5.41) is 35.1. The van der Waals surface area contributed by atoms with Gasteiger partial charge in [-0.25, -0.2) is 4.79 Å². The van der Waals surface area contributed by atoms with Crippen molar-refractivity contribution in [3.63, 3.8) is 0 Å². The lowest BCUT2D eigenvalue weighted by Gasteiger charge is -2.25. The fraction of sp³-hybridized carbons (Fsp3) is 0.500. The molecule has 0 bridgehead atoms. The Morgan fingerprint density at radius 1 is 0.886 bits per heavy atom. The molecule has 0 heterocycles. The van der Waals surface area contributed by atoms with E-state index in [2.05, 4.69) is 16.0 Å². The molecule has 4 unspecified atom stereocenters. The molecule has 0 spiro atoms. The summed E-state index contributed by atoms with van der Waals surface area (Å²) in [5.74, 6) is -4.17. The minimum absolute atomic E-state index is 0.00542. The number of carboxylic acids is 2. The summed E-state index contributed by atoms with van der Waals surface area (Å²) in [6.45, 7) is 1.46. The smallest absolute Gasteiger partial charge is 0.326 e. The molecule has 0 saturated heterocycles. The van der Waals surface area contributed by atoms with E-state index in [9.17, 15) is 34.2 Å². The number of thioether (sulfide) groups is 1. The van der Waals surface area contributed by atoms with Gasteiger partial charge in [-0.1, -0.05) is 12.1 Å². The summed E-state index contributed by atoms with van der Waals surface area (Å²) < 4.78 is 0. The molecular weight excluding hydrogens is 480 g/mol. The van der Waals surface area contributed by atoms with Crippen LogP contribution < -0.4 is 21.7 Å². The van der Waals surface area contributed by atoms with Gasteiger partial charge in [0.25, 0.3) is 0 Å². The minimum Gasteiger partial charge on any atom is -0.508 e. The third-order valence-electron chi connectivity index (χ3n) is 4.93. The highest BCUT2D eigenvalue weighted by Crippen LogP contribution is 2.12. The Bertz CT molecular complexity index is 894. The standard InChI is InChI=1S/C22H32N4O8S/c1-12(23)19(30)24-15(9-10-35-2)20(31)26-17(11-13-3-5-14(27)6-4-13)21(32)25-16(22(33)34)7-8-18(28)29/h3-6,12,15-17,27H,7-11,23H2,1-2H3,(H,24,30)(H,25,32)(H,26,31)(H,28,29)(H,33,34). The van der Waals surface area contributed by atoms with Gasteiger partial charge in [0.15, 0.2) is 0 Å². The molecule has 1 aromatic rings. The number of carboxylic acid groups (broad SMARTS) is 2. The van der Waals surface area contributed by atoms with Gasteiger partial charge in [-0.3, -0.25) is 19.2 Å². The topological polar surface area (TPSA) is 208 Å². The van der Waals surface area contributed by atoms with Gasteiger partial charge in [-0.05, 0) is 49.5 Å². The molecule has 12 nitrogen and oxygen atoms in total. The number of amides is 3. The molecule has 8 N–H and O–H groups in total. The number of rotatable bonds is 15. The van der Waals surface area contributed by atoms with Crippen molar-refractivity contribution in [3.05, 3.63) is 29.8 Å². The third kappa shape index (κ3) is 11.1. The molecular formula is C22H32N4O8S. The predicted molar refractivity (Wildman–Crippen MR) is 129 cm³/mol. The Labute approximate surface area is 207 Å². The number of hydrogen-bond acceptors (Lipinski definition) is 8. The minimum atomic E-state index is -1.48. The summed E-state index contributed by atoms with van der Waals surface area (Å²) in [6, 6.07) is 1.27. The zero-order valence-corrected chi connectivity index (χ0v) is 20.3. The molecule has 1 rings (SSSR count). The normalized spacial score (nSPS) is 14.1. The van der Waals surface area contributed by atoms with Crippen molar-refractivity contribution in [1.29, 1.82) is 0 Å². The van der Waals surface area contributed by atoms with Crippen LogP contribution in [0.4, 0.5) is 0 Å². The van der Waals surface area contributed by atoms with Crippen LogP contribution in [-0.4, -0.2) is 81.2 Å². The molecule has 0 aliphatic carbocycles. The molecule has 0 saturated carbocycles. The van der Waals surface area contributed by atoms with Gasteiger partial charge in [-0.15, -0.1) is 0 Å². The number of carbonyl (C=O) groups is 5. The van der Waals surface area contributed by atoms with Crippen LogP contribution in [-0.2, 0) is 30.4 Å². The third-order valence-corrected chi connectivity index (χ3v) is 5.57. The van der Waals surface area contributed by atoms with Crippen molar-refractivity contribution in [3.8, 4) is 5.75 Å². The maximum atomic E-state index is 13.0. The Hall–Kier alpha value is -3.32. The second-order valence-corrected chi connectivity index (χ2v) is 8.88. The number of carbonyl (C=O) groups excluding carboxylic acids is 3. The molecule has 3 amide bonds. The Balaban J connectivity index is 3.12. The highest BCUT2D eigenvalue weighted by molar-refractivity contribution is 7.98. The lowest BCUT2D eigenvalue weighted by atomic mass is 10.0. The molecule has 0 aliphatic rings. The van der Waals surface area contributed by atoms with E-state index in [0.29, 0.717) is 11.3 Å². The van der Waals surface area contributed by atoms with E-state index in [-0.39, 0.29) is 25.0 Å². The fourth-order valence-electron chi connectivity index (χ4n) is 2.95. The summed E-state index contributed by atoms with van der Waals surface area (Å²) in [6.07, 6.45) is 1.20. The summed E-state index contributed by atoms with van der Waals surface area (Å²) in [7, 11) is 0. The SMILES string of the molecule is CSCCC(NC(=O)C(C)N)C(=O)NC(Cc1ccc(O)cc1)C(=O)NC(CCC(=O)O)C(=O)O. The van der Waals surface area contributed by atoms with E-state index in [1.807, 2.05) is 6.26 Å². The zero-order chi connectivity index (χ0) is 26.5. The van der Waals surface area contributed by atoms with E-state index >= 15 is 0 Å². The molecule has 0 aliphatic heterocycles. The molecule has 35 heavy (non-hydrogen) atoms. The van der Waals surface area contributed by atoms with Crippen LogP contribution in [0.1, 0.15) is 31.7 Å². The molecule has 194 valence electrons. The first-order valence-electron chi connectivity index (χ1n) is 10.8. The van der Waals surface area contributed by atoms with Gasteiger partial charge >= 0.3 is 11.9 Å². The van der Waals surface area contributed by atoms with Crippen LogP contribution in [0.2, 0.25) is 0 Å². The van der Waals surface area contributed by atoms with E-state index in [1.165, 1.54) is 43.0 Å². The van der Waals surface area contributed by atoms with E-state index in [0.717, 1.165) is 0 Å². The Morgan fingerprint density at radius 3 is 1.94 bits per heavy atom. The molecule has 4 atom stereocenters. The number of nitrogens with one attached hydrogen (secondary N) is 3. The van der Waals surface area contributed by atoms with Crippen molar-refractivity contribution in [2.45, 2.75) is 56.8 Å². The van der Waals surface area contributed by atoms with Gasteiger partial charge in [0.05, 0.1) is 6.04 Å².